The van der Waals surface area contributed by atoms with E-state index in [9.17, 15) is 14.7 Å². The van der Waals surface area contributed by atoms with Crippen LogP contribution in [0.15, 0.2) is 0 Å². The number of hydrogen-bond acceptors (Lipinski definition) is 3. The first kappa shape index (κ1) is 12.0. The fraction of sp³-hybridized carbons (Fsp3) is 0.846. The molecule has 2 aliphatic carbocycles. The number of nitrogens with zero attached hydrogens (tertiary/aromatic N) is 1. The lowest BCUT2D eigenvalue weighted by atomic mass is 9.76. The van der Waals surface area contributed by atoms with Crippen molar-refractivity contribution in [1.29, 1.82) is 0 Å². The van der Waals surface area contributed by atoms with Crippen LogP contribution in [0, 0.1) is 0 Å². The van der Waals surface area contributed by atoms with Gasteiger partial charge >= 0.3 is 6.03 Å². The zero-order valence-corrected chi connectivity index (χ0v) is 10.6. The van der Waals surface area contributed by atoms with Crippen LogP contribution in [0.25, 0.3) is 0 Å². The van der Waals surface area contributed by atoms with Crippen LogP contribution in [0.4, 0.5) is 4.79 Å². The van der Waals surface area contributed by atoms with Crippen LogP contribution in [0.1, 0.15) is 51.4 Å². The van der Waals surface area contributed by atoms with Crippen molar-refractivity contribution in [3.63, 3.8) is 0 Å². The molecule has 0 radical (unpaired) electrons. The number of rotatable bonds is 2. The van der Waals surface area contributed by atoms with Gasteiger partial charge in [-0.1, -0.05) is 19.3 Å². The van der Waals surface area contributed by atoms with E-state index < -0.39 is 11.1 Å². The lowest BCUT2D eigenvalue weighted by Crippen LogP contribution is -2.53. The Hall–Kier alpha value is -1.10. The van der Waals surface area contributed by atoms with E-state index in [1.165, 1.54) is 4.90 Å². The van der Waals surface area contributed by atoms with Gasteiger partial charge in [0.05, 0.1) is 12.1 Å². The molecule has 3 aliphatic rings. The number of urea groups is 1. The van der Waals surface area contributed by atoms with Crippen LogP contribution < -0.4 is 5.32 Å². The number of imide groups is 1. The van der Waals surface area contributed by atoms with Crippen LogP contribution >= 0.6 is 0 Å². The maximum absolute atomic E-state index is 12.3. The summed E-state index contributed by atoms with van der Waals surface area (Å²) in [6.07, 6.45) is 6.94. The molecule has 100 valence electrons. The van der Waals surface area contributed by atoms with Crippen LogP contribution in [-0.2, 0) is 4.79 Å². The molecule has 3 amide bonds. The van der Waals surface area contributed by atoms with Crippen LogP contribution in [0.3, 0.4) is 0 Å². The van der Waals surface area contributed by atoms with E-state index in [4.69, 9.17) is 0 Å². The van der Waals surface area contributed by atoms with E-state index in [0.29, 0.717) is 12.8 Å². The molecule has 2 saturated carbocycles. The van der Waals surface area contributed by atoms with Gasteiger partial charge in [-0.25, -0.2) is 4.79 Å². The molecule has 1 heterocycles. The highest BCUT2D eigenvalue weighted by atomic mass is 16.3. The second-order valence-electron chi connectivity index (χ2n) is 6.04. The Labute approximate surface area is 107 Å². The standard InChI is InChI=1S/C13H20N2O3/c16-10-13(7-4-8-13)14-11(17)15(10)9-12(18)5-2-1-3-6-12/h18H,1-9H2,(H,14,17). The predicted octanol–water partition coefficient (Wildman–Crippen LogP) is 1.16. The summed E-state index contributed by atoms with van der Waals surface area (Å²) in [5, 5.41) is 13.3. The van der Waals surface area contributed by atoms with Crippen molar-refractivity contribution in [2.45, 2.75) is 62.5 Å². The van der Waals surface area contributed by atoms with Crippen molar-refractivity contribution in [1.82, 2.24) is 10.2 Å². The Morgan fingerprint density at radius 2 is 1.72 bits per heavy atom. The molecule has 1 saturated heterocycles. The topological polar surface area (TPSA) is 69.6 Å². The van der Waals surface area contributed by atoms with Gasteiger partial charge < -0.3 is 10.4 Å². The van der Waals surface area contributed by atoms with Gasteiger partial charge in [0.1, 0.15) is 5.54 Å². The molecular formula is C13H20N2O3. The normalized spacial score (nSPS) is 29.3. The quantitative estimate of drug-likeness (QED) is 0.724. The van der Waals surface area contributed by atoms with Crippen molar-refractivity contribution < 1.29 is 14.7 Å². The fourth-order valence-electron chi connectivity index (χ4n) is 3.35. The molecule has 3 rings (SSSR count). The van der Waals surface area contributed by atoms with Crippen LogP contribution in [0.2, 0.25) is 0 Å². The fourth-order valence-corrected chi connectivity index (χ4v) is 3.35. The Kier molecular flexibility index (Phi) is 2.62. The van der Waals surface area contributed by atoms with E-state index in [2.05, 4.69) is 5.32 Å². The van der Waals surface area contributed by atoms with E-state index in [1.807, 2.05) is 0 Å². The summed E-state index contributed by atoms with van der Waals surface area (Å²) in [7, 11) is 0. The lowest BCUT2D eigenvalue weighted by Gasteiger charge is -2.37. The van der Waals surface area contributed by atoms with Crippen molar-refractivity contribution in [3.8, 4) is 0 Å². The highest BCUT2D eigenvalue weighted by Gasteiger charge is 2.55. The summed E-state index contributed by atoms with van der Waals surface area (Å²) in [4.78, 5) is 25.4. The van der Waals surface area contributed by atoms with Crippen molar-refractivity contribution in [2.24, 2.45) is 0 Å². The highest BCUT2D eigenvalue weighted by molar-refractivity contribution is 6.07. The summed E-state index contributed by atoms with van der Waals surface area (Å²) in [5.41, 5.74) is -1.48. The number of amides is 3. The number of β-amino-alcohol motifs (C(OH)–C–C–N with tert-alkyl or cyclic N) is 1. The molecule has 0 aromatic rings. The first-order valence-electron chi connectivity index (χ1n) is 6.91. The third kappa shape index (κ3) is 1.72. The lowest BCUT2D eigenvalue weighted by molar-refractivity contribution is -0.137. The molecule has 0 unspecified atom stereocenters. The Balaban J connectivity index is 1.72. The molecule has 5 nitrogen and oxygen atoms in total. The predicted molar refractivity (Wildman–Crippen MR) is 64.9 cm³/mol. The molecule has 2 N–H and O–H groups in total. The SMILES string of the molecule is O=C1NC2(CCC2)C(=O)N1CC1(O)CCCCC1. The summed E-state index contributed by atoms with van der Waals surface area (Å²) in [6.45, 7) is 0.166. The van der Waals surface area contributed by atoms with Gasteiger partial charge in [0.15, 0.2) is 0 Å². The molecule has 1 aliphatic heterocycles. The van der Waals surface area contributed by atoms with Gasteiger partial charge in [-0.05, 0) is 32.1 Å². The summed E-state index contributed by atoms with van der Waals surface area (Å²) in [5.74, 6) is -0.127. The Morgan fingerprint density at radius 1 is 1.06 bits per heavy atom. The third-order valence-corrected chi connectivity index (χ3v) is 4.69. The third-order valence-electron chi connectivity index (χ3n) is 4.69. The minimum Gasteiger partial charge on any atom is -0.388 e. The average molecular weight is 252 g/mol. The molecule has 3 fully saturated rings. The smallest absolute Gasteiger partial charge is 0.325 e. The van der Waals surface area contributed by atoms with Crippen LogP contribution in [-0.4, -0.2) is 39.6 Å². The van der Waals surface area contributed by atoms with Crippen molar-refractivity contribution >= 4 is 11.9 Å². The average Bonchev–Trinajstić information content (AvgIpc) is 2.54. The number of nitrogens with one attached hydrogen (secondary N) is 1. The van der Waals surface area contributed by atoms with E-state index in [-0.39, 0.29) is 18.5 Å². The molecule has 1 spiro atoms. The maximum atomic E-state index is 12.3. The summed E-state index contributed by atoms with van der Waals surface area (Å²) < 4.78 is 0. The second-order valence-corrected chi connectivity index (χ2v) is 6.04. The number of hydrogen-bond donors (Lipinski definition) is 2. The van der Waals surface area contributed by atoms with Gasteiger partial charge in [0, 0.05) is 0 Å². The van der Waals surface area contributed by atoms with E-state index >= 15 is 0 Å². The minimum absolute atomic E-state index is 0.127. The van der Waals surface area contributed by atoms with Crippen molar-refractivity contribution in [3.05, 3.63) is 0 Å². The van der Waals surface area contributed by atoms with Gasteiger partial charge in [0.2, 0.25) is 0 Å². The van der Waals surface area contributed by atoms with Crippen LogP contribution in [0.5, 0.6) is 0 Å². The molecule has 18 heavy (non-hydrogen) atoms. The molecular weight excluding hydrogens is 232 g/mol. The highest BCUT2D eigenvalue weighted by Crippen LogP contribution is 2.38. The molecule has 5 heteroatoms. The van der Waals surface area contributed by atoms with Gasteiger partial charge in [0.25, 0.3) is 5.91 Å². The Bertz CT molecular complexity index is 384. The number of carbonyl (C=O) groups is 2. The number of aliphatic hydroxyl groups is 1. The molecule has 0 aromatic carbocycles. The van der Waals surface area contributed by atoms with Gasteiger partial charge in [-0.3, -0.25) is 9.69 Å². The largest absolute Gasteiger partial charge is 0.388 e. The first-order valence-corrected chi connectivity index (χ1v) is 6.91. The Morgan fingerprint density at radius 3 is 2.22 bits per heavy atom. The minimum atomic E-state index is -0.861. The summed E-state index contributed by atoms with van der Waals surface area (Å²) in [6, 6.07) is -0.321. The van der Waals surface area contributed by atoms with Gasteiger partial charge in [-0.2, -0.15) is 0 Å². The van der Waals surface area contributed by atoms with Gasteiger partial charge in [-0.15, -0.1) is 0 Å². The van der Waals surface area contributed by atoms with E-state index in [0.717, 1.165) is 38.5 Å². The molecule has 0 aromatic heterocycles. The second kappa shape index (κ2) is 3.95. The maximum Gasteiger partial charge on any atom is 0.325 e. The molecule has 0 atom stereocenters. The first-order chi connectivity index (χ1) is 8.55. The zero-order valence-electron chi connectivity index (χ0n) is 10.6. The molecule has 0 bridgehead atoms. The monoisotopic (exact) mass is 252 g/mol. The van der Waals surface area contributed by atoms with Crippen molar-refractivity contribution in [2.75, 3.05) is 6.54 Å². The zero-order chi connectivity index (χ0) is 12.8. The number of carbonyl (C=O) groups excluding carboxylic acids is 2. The summed E-state index contributed by atoms with van der Waals surface area (Å²) >= 11 is 0. The van der Waals surface area contributed by atoms with E-state index in [1.54, 1.807) is 0 Å².